The predicted molar refractivity (Wildman–Crippen MR) is 84.5 cm³/mol. The van der Waals surface area contributed by atoms with E-state index in [0.29, 0.717) is 5.70 Å². The highest BCUT2D eigenvalue weighted by Gasteiger charge is 2.30. The van der Waals surface area contributed by atoms with Crippen LogP contribution in [0.15, 0.2) is 42.1 Å². The van der Waals surface area contributed by atoms with Crippen LogP contribution in [0.3, 0.4) is 0 Å². The number of likely N-dealkylation sites (N-methyl/N-ethyl adjacent to an activating group) is 1. The van der Waals surface area contributed by atoms with E-state index in [-0.39, 0.29) is 5.91 Å². The lowest BCUT2D eigenvalue weighted by Gasteiger charge is -2.09. The summed E-state index contributed by atoms with van der Waals surface area (Å²) in [5, 5.41) is 2.59. The van der Waals surface area contributed by atoms with Crippen molar-refractivity contribution in [1.82, 2.24) is 14.8 Å². The Morgan fingerprint density at radius 2 is 1.77 bits per heavy atom. The van der Waals surface area contributed by atoms with Gasteiger partial charge in [0, 0.05) is 24.1 Å². The number of imide groups is 1. The lowest BCUT2D eigenvalue weighted by atomic mass is 10.2. The molecule has 1 fully saturated rings. The van der Waals surface area contributed by atoms with Crippen molar-refractivity contribution >= 4 is 18.0 Å². The molecule has 112 valence electrons. The second kappa shape index (κ2) is 5.18. The maximum absolute atomic E-state index is 12.0. The number of benzene rings is 1. The minimum absolute atomic E-state index is 0.306. The second-order valence-corrected chi connectivity index (χ2v) is 5.35. The molecule has 0 unspecified atom stereocenters. The Morgan fingerprint density at radius 1 is 1.09 bits per heavy atom. The van der Waals surface area contributed by atoms with Crippen molar-refractivity contribution in [3.8, 4) is 5.69 Å². The first-order chi connectivity index (χ1) is 10.5. The van der Waals surface area contributed by atoms with Crippen LogP contribution in [0, 0.1) is 13.8 Å². The summed E-state index contributed by atoms with van der Waals surface area (Å²) in [6.45, 7) is 4.01. The van der Waals surface area contributed by atoms with Crippen molar-refractivity contribution < 1.29 is 9.59 Å². The topological polar surface area (TPSA) is 54.3 Å². The first-order valence-corrected chi connectivity index (χ1v) is 7.04. The van der Waals surface area contributed by atoms with E-state index in [9.17, 15) is 9.59 Å². The predicted octanol–water partition coefficient (Wildman–Crippen LogP) is 2.62. The number of hydrogen-bond acceptors (Lipinski definition) is 2. The molecule has 3 amide bonds. The van der Waals surface area contributed by atoms with Crippen molar-refractivity contribution in [2.45, 2.75) is 13.8 Å². The van der Waals surface area contributed by atoms with Crippen molar-refractivity contribution in [3.05, 3.63) is 59.0 Å². The van der Waals surface area contributed by atoms with Crippen LogP contribution in [0.25, 0.3) is 11.8 Å². The largest absolute Gasteiger partial charge is 0.328 e. The summed E-state index contributed by atoms with van der Waals surface area (Å²) in [6, 6.07) is 11.6. The monoisotopic (exact) mass is 295 g/mol. The van der Waals surface area contributed by atoms with Gasteiger partial charge in [-0.25, -0.2) is 4.79 Å². The number of urea groups is 1. The summed E-state index contributed by atoms with van der Waals surface area (Å²) in [5.41, 5.74) is 4.38. The maximum Gasteiger partial charge on any atom is 0.328 e. The molecule has 1 aliphatic heterocycles. The molecule has 0 spiro atoms. The van der Waals surface area contributed by atoms with Gasteiger partial charge in [0.05, 0.1) is 0 Å². The number of amides is 3. The first-order valence-electron chi connectivity index (χ1n) is 7.04. The minimum Gasteiger partial charge on any atom is -0.318 e. The Balaban J connectivity index is 2.05. The van der Waals surface area contributed by atoms with E-state index < -0.39 is 6.03 Å². The number of nitrogens with one attached hydrogen (secondary N) is 1. The molecule has 1 aliphatic rings. The standard InChI is InChI=1S/C17H17N3O2/c1-11-9-13(10-15-16(21)19(3)17(22)18-15)12(2)20(11)14-7-5-4-6-8-14/h4-10H,1-3H3,(H,18,22)/b15-10-. The van der Waals surface area contributed by atoms with Crippen molar-refractivity contribution in [3.63, 3.8) is 0 Å². The van der Waals surface area contributed by atoms with Gasteiger partial charge in [-0.15, -0.1) is 0 Å². The van der Waals surface area contributed by atoms with Gasteiger partial charge in [0.1, 0.15) is 5.70 Å². The van der Waals surface area contributed by atoms with Gasteiger partial charge in [0.15, 0.2) is 0 Å². The summed E-state index contributed by atoms with van der Waals surface area (Å²) in [4.78, 5) is 24.5. The fourth-order valence-electron chi connectivity index (χ4n) is 2.69. The van der Waals surface area contributed by atoms with E-state index in [2.05, 4.69) is 9.88 Å². The summed E-state index contributed by atoms with van der Waals surface area (Å²) >= 11 is 0. The Bertz CT molecular complexity index is 788. The molecular formula is C17H17N3O2. The third-order valence-electron chi connectivity index (χ3n) is 3.87. The molecule has 0 atom stereocenters. The molecule has 0 bridgehead atoms. The molecule has 0 radical (unpaired) electrons. The number of hydrogen-bond donors (Lipinski definition) is 1. The van der Waals surface area contributed by atoms with Crippen LogP contribution < -0.4 is 5.32 Å². The zero-order valence-corrected chi connectivity index (χ0v) is 12.8. The number of aromatic nitrogens is 1. The summed E-state index contributed by atoms with van der Waals surface area (Å²) in [6.07, 6.45) is 1.73. The molecule has 2 heterocycles. The van der Waals surface area contributed by atoms with Crippen LogP contribution in [0.1, 0.15) is 17.0 Å². The summed E-state index contributed by atoms with van der Waals surface area (Å²) < 4.78 is 2.12. The van der Waals surface area contributed by atoms with Crippen LogP contribution in [0.5, 0.6) is 0 Å². The highest BCUT2D eigenvalue weighted by atomic mass is 16.2. The Labute approximate surface area is 128 Å². The fourth-order valence-corrected chi connectivity index (χ4v) is 2.69. The summed E-state index contributed by atoms with van der Waals surface area (Å²) in [7, 11) is 1.46. The van der Waals surface area contributed by atoms with Crippen LogP contribution in [0.4, 0.5) is 4.79 Å². The Hall–Kier alpha value is -2.82. The van der Waals surface area contributed by atoms with Crippen LogP contribution in [-0.4, -0.2) is 28.5 Å². The second-order valence-electron chi connectivity index (χ2n) is 5.35. The highest BCUT2D eigenvalue weighted by Crippen LogP contribution is 2.23. The SMILES string of the molecule is Cc1cc(/C=C2\NC(=O)N(C)C2=O)c(C)n1-c1ccccc1. The molecule has 3 rings (SSSR count). The average molecular weight is 295 g/mol. The zero-order chi connectivity index (χ0) is 15.9. The Kier molecular flexibility index (Phi) is 3.33. The van der Waals surface area contributed by atoms with Crippen molar-refractivity contribution in [2.75, 3.05) is 7.05 Å². The molecule has 2 aromatic rings. The van der Waals surface area contributed by atoms with E-state index in [1.807, 2.05) is 50.2 Å². The molecule has 1 aromatic carbocycles. The highest BCUT2D eigenvalue weighted by molar-refractivity contribution is 6.13. The molecular weight excluding hydrogens is 278 g/mol. The first kappa shape index (κ1) is 14.1. The number of rotatable bonds is 2. The zero-order valence-electron chi connectivity index (χ0n) is 12.8. The summed E-state index contributed by atoms with van der Waals surface area (Å²) in [5.74, 6) is -0.311. The number of carbonyl (C=O) groups is 2. The fraction of sp³-hybridized carbons (Fsp3) is 0.176. The molecule has 22 heavy (non-hydrogen) atoms. The van der Waals surface area contributed by atoms with E-state index in [1.54, 1.807) is 6.08 Å². The molecule has 5 nitrogen and oxygen atoms in total. The van der Waals surface area contributed by atoms with Gasteiger partial charge in [0.25, 0.3) is 5.91 Å². The average Bonchev–Trinajstić information content (AvgIpc) is 2.92. The van der Waals surface area contributed by atoms with Crippen molar-refractivity contribution in [1.29, 1.82) is 0 Å². The third-order valence-corrected chi connectivity index (χ3v) is 3.87. The quantitative estimate of drug-likeness (QED) is 0.684. The molecule has 0 aliphatic carbocycles. The molecule has 1 N–H and O–H groups in total. The van der Waals surface area contributed by atoms with E-state index >= 15 is 0 Å². The van der Waals surface area contributed by atoms with Crippen LogP contribution in [-0.2, 0) is 4.79 Å². The van der Waals surface area contributed by atoms with Gasteiger partial charge in [-0.2, -0.15) is 0 Å². The van der Waals surface area contributed by atoms with Crippen LogP contribution in [0.2, 0.25) is 0 Å². The normalized spacial score (nSPS) is 16.5. The lowest BCUT2D eigenvalue weighted by Crippen LogP contribution is -2.25. The van der Waals surface area contributed by atoms with Crippen molar-refractivity contribution in [2.24, 2.45) is 0 Å². The Morgan fingerprint density at radius 3 is 2.36 bits per heavy atom. The number of nitrogens with zero attached hydrogens (tertiary/aromatic N) is 2. The molecule has 0 saturated carbocycles. The minimum atomic E-state index is -0.395. The smallest absolute Gasteiger partial charge is 0.318 e. The van der Waals surface area contributed by atoms with Gasteiger partial charge in [0.2, 0.25) is 0 Å². The lowest BCUT2D eigenvalue weighted by molar-refractivity contribution is -0.121. The number of aryl methyl sites for hydroxylation is 1. The maximum atomic E-state index is 12.0. The molecule has 5 heteroatoms. The van der Waals surface area contributed by atoms with E-state index in [0.717, 1.165) is 27.5 Å². The van der Waals surface area contributed by atoms with E-state index in [4.69, 9.17) is 0 Å². The van der Waals surface area contributed by atoms with Gasteiger partial charge >= 0.3 is 6.03 Å². The van der Waals surface area contributed by atoms with Gasteiger partial charge in [-0.1, -0.05) is 18.2 Å². The van der Waals surface area contributed by atoms with Gasteiger partial charge in [-0.3, -0.25) is 9.69 Å². The molecule has 1 aromatic heterocycles. The number of para-hydroxylation sites is 1. The number of carbonyl (C=O) groups excluding carboxylic acids is 2. The van der Waals surface area contributed by atoms with Gasteiger partial charge < -0.3 is 9.88 Å². The molecule has 1 saturated heterocycles. The van der Waals surface area contributed by atoms with E-state index in [1.165, 1.54) is 7.05 Å². The van der Waals surface area contributed by atoms with Gasteiger partial charge in [-0.05, 0) is 43.7 Å². The third kappa shape index (κ3) is 2.20. The van der Waals surface area contributed by atoms with Crippen LogP contribution >= 0.6 is 0 Å².